The molecule has 1 aliphatic heterocycles. The van der Waals surface area contributed by atoms with E-state index >= 15 is 0 Å². The Hall–Kier alpha value is -2.31. The summed E-state index contributed by atoms with van der Waals surface area (Å²) in [7, 11) is 0. The van der Waals surface area contributed by atoms with Gasteiger partial charge in [0.15, 0.2) is 0 Å². The van der Waals surface area contributed by atoms with Gasteiger partial charge in [-0.3, -0.25) is 9.69 Å². The average Bonchev–Trinajstić information content (AvgIpc) is 2.93. The van der Waals surface area contributed by atoms with E-state index in [1.54, 1.807) is 18.2 Å². The quantitative estimate of drug-likeness (QED) is 0.843. The molecule has 2 N–H and O–H groups in total. The third kappa shape index (κ3) is 2.83. The average molecular weight is 387 g/mol. The van der Waals surface area contributed by atoms with Gasteiger partial charge in [-0.2, -0.15) is 0 Å². The number of aliphatic hydroxyl groups is 2. The zero-order valence-electron chi connectivity index (χ0n) is 15.4. The number of aliphatic hydroxyl groups excluding tert-OH is 2. The van der Waals surface area contributed by atoms with Crippen molar-refractivity contribution in [2.45, 2.75) is 49.7 Å². The van der Waals surface area contributed by atoms with Gasteiger partial charge in [-0.1, -0.05) is 43.5 Å². The first kappa shape index (κ1) is 19.0. The zero-order chi connectivity index (χ0) is 19.9. The van der Waals surface area contributed by atoms with Gasteiger partial charge in [0.1, 0.15) is 17.7 Å². The summed E-state index contributed by atoms with van der Waals surface area (Å²) in [6.45, 7) is -0.637. The third-order valence-corrected chi connectivity index (χ3v) is 6.10. The van der Waals surface area contributed by atoms with Crippen molar-refractivity contribution >= 4 is 11.6 Å². The van der Waals surface area contributed by atoms with Crippen LogP contribution in [-0.2, 0) is 10.2 Å². The monoisotopic (exact) mass is 387 g/mol. The van der Waals surface area contributed by atoms with Crippen LogP contribution in [0.5, 0.6) is 0 Å². The Morgan fingerprint density at radius 1 is 1.07 bits per heavy atom. The number of rotatable bonds is 4. The van der Waals surface area contributed by atoms with Crippen molar-refractivity contribution in [1.82, 2.24) is 0 Å². The van der Waals surface area contributed by atoms with E-state index in [0.717, 1.165) is 19.3 Å². The topological polar surface area (TPSA) is 60.8 Å². The highest BCUT2D eigenvalue weighted by Crippen LogP contribution is 2.53. The van der Waals surface area contributed by atoms with Crippen molar-refractivity contribution in [1.29, 1.82) is 0 Å². The summed E-state index contributed by atoms with van der Waals surface area (Å²) < 4.78 is 28.8. The molecule has 2 aliphatic rings. The summed E-state index contributed by atoms with van der Waals surface area (Å²) in [6, 6.07) is 9.10. The summed E-state index contributed by atoms with van der Waals surface area (Å²) in [5.41, 5.74) is 0.257. The number of nitrogens with zero attached hydrogens (tertiary/aromatic N) is 1. The predicted octanol–water partition coefficient (Wildman–Crippen LogP) is 3.61. The fourth-order valence-corrected chi connectivity index (χ4v) is 4.83. The molecule has 1 spiro atoms. The van der Waals surface area contributed by atoms with Crippen molar-refractivity contribution in [3.8, 4) is 0 Å². The highest BCUT2D eigenvalue weighted by Gasteiger charge is 2.54. The molecule has 2 aromatic carbocycles. The molecular formula is C22H23F2NO3. The first-order valence-corrected chi connectivity index (χ1v) is 9.66. The predicted molar refractivity (Wildman–Crippen MR) is 101 cm³/mol. The molecule has 28 heavy (non-hydrogen) atoms. The number of hydrogen-bond acceptors (Lipinski definition) is 3. The first-order valence-electron chi connectivity index (χ1n) is 9.66. The van der Waals surface area contributed by atoms with Crippen molar-refractivity contribution in [3.63, 3.8) is 0 Å². The minimum atomic E-state index is -1.38. The number of carbonyl (C=O) groups is 1. The van der Waals surface area contributed by atoms with Crippen molar-refractivity contribution in [2.75, 3.05) is 11.5 Å². The maximum absolute atomic E-state index is 15.0. The van der Waals surface area contributed by atoms with E-state index in [0.29, 0.717) is 24.0 Å². The summed E-state index contributed by atoms with van der Waals surface area (Å²) in [5, 5.41) is 20.2. The second kappa shape index (κ2) is 7.26. The highest BCUT2D eigenvalue weighted by atomic mass is 19.1. The molecule has 0 bridgehead atoms. The third-order valence-electron chi connectivity index (χ3n) is 6.10. The molecule has 1 aliphatic carbocycles. The van der Waals surface area contributed by atoms with E-state index in [1.165, 1.54) is 29.2 Å². The first-order chi connectivity index (χ1) is 13.5. The smallest absolute Gasteiger partial charge is 0.238 e. The molecule has 1 amide bonds. The van der Waals surface area contributed by atoms with Crippen molar-refractivity contribution in [2.24, 2.45) is 0 Å². The molecule has 2 atom stereocenters. The van der Waals surface area contributed by atoms with E-state index in [-0.39, 0.29) is 11.6 Å². The van der Waals surface area contributed by atoms with Crippen LogP contribution in [0.2, 0.25) is 0 Å². The molecule has 1 fully saturated rings. The molecule has 1 heterocycles. The molecule has 0 unspecified atom stereocenters. The van der Waals surface area contributed by atoms with Gasteiger partial charge in [0.25, 0.3) is 0 Å². The highest BCUT2D eigenvalue weighted by molar-refractivity contribution is 6.09. The normalized spacial score (nSPS) is 20.3. The SMILES string of the molecule is O=C1N([C@@H](c2cccc(F)c2)[C@H](O)CO)c2c(F)cccc2C12CCCCC2. The maximum atomic E-state index is 15.0. The molecule has 4 nitrogen and oxygen atoms in total. The molecule has 2 aromatic rings. The summed E-state index contributed by atoms with van der Waals surface area (Å²) in [6.07, 6.45) is 2.60. The second-order valence-corrected chi connectivity index (χ2v) is 7.70. The molecule has 148 valence electrons. The van der Waals surface area contributed by atoms with Crippen LogP contribution in [0.4, 0.5) is 14.5 Å². The fraction of sp³-hybridized carbons (Fsp3) is 0.409. The number of hydrogen-bond donors (Lipinski definition) is 2. The van der Waals surface area contributed by atoms with Crippen LogP contribution in [0.1, 0.15) is 49.3 Å². The van der Waals surface area contributed by atoms with Gasteiger partial charge in [0.2, 0.25) is 5.91 Å². The van der Waals surface area contributed by atoms with E-state index in [1.807, 2.05) is 0 Å². The van der Waals surface area contributed by atoms with Crippen LogP contribution in [-0.4, -0.2) is 28.8 Å². The Kier molecular flexibility index (Phi) is 4.93. The minimum absolute atomic E-state index is 0.135. The summed E-state index contributed by atoms with van der Waals surface area (Å²) >= 11 is 0. The standard InChI is InChI=1S/C22H23F2NO3/c23-15-7-4-6-14(12-15)19(18(27)13-26)25-20-16(8-5-9-17(20)24)22(21(25)28)10-2-1-3-11-22/h4-9,12,18-19,26-27H,1-3,10-11,13H2/t18-,19+/m1/s1. The van der Waals surface area contributed by atoms with E-state index in [4.69, 9.17) is 0 Å². The van der Waals surface area contributed by atoms with Gasteiger partial charge < -0.3 is 10.2 Å². The lowest BCUT2D eigenvalue weighted by atomic mass is 9.70. The Morgan fingerprint density at radius 2 is 1.79 bits per heavy atom. The lowest BCUT2D eigenvalue weighted by Crippen LogP contribution is -2.47. The van der Waals surface area contributed by atoms with Crippen molar-refractivity contribution < 1.29 is 23.8 Å². The Morgan fingerprint density at radius 3 is 2.46 bits per heavy atom. The molecule has 6 heteroatoms. The molecule has 4 rings (SSSR count). The van der Waals surface area contributed by atoms with Gasteiger partial charge >= 0.3 is 0 Å². The second-order valence-electron chi connectivity index (χ2n) is 7.70. The van der Waals surface area contributed by atoms with Crippen molar-refractivity contribution in [3.05, 3.63) is 65.2 Å². The van der Waals surface area contributed by atoms with Crippen LogP contribution in [0.3, 0.4) is 0 Å². The lowest BCUT2D eigenvalue weighted by molar-refractivity contribution is -0.125. The van der Waals surface area contributed by atoms with E-state index in [9.17, 15) is 23.8 Å². The Balaban J connectivity index is 1.91. The number of carbonyl (C=O) groups excluding carboxylic acids is 1. The molecular weight excluding hydrogens is 364 g/mol. The van der Waals surface area contributed by atoms with Gasteiger partial charge in [0, 0.05) is 0 Å². The Labute approximate surface area is 162 Å². The summed E-state index contributed by atoms with van der Waals surface area (Å²) in [4.78, 5) is 14.9. The van der Waals surface area contributed by atoms with Crippen LogP contribution < -0.4 is 4.90 Å². The van der Waals surface area contributed by atoms with Crippen LogP contribution >= 0.6 is 0 Å². The van der Waals surface area contributed by atoms with Crippen LogP contribution in [0.25, 0.3) is 0 Å². The van der Waals surface area contributed by atoms with Crippen LogP contribution in [0.15, 0.2) is 42.5 Å². The molecule has 1 saturated carbocycles. The number of para-hydroxylation sites is 1. The van der Waals surface area contributed by atoms with Crippen LogP contribution in [0, 0.1) is 11.6 Å². The van der Waals surface area contributed by atoms with E-state index < -0.39 is 35.8 Å². The lowest BCUT2D eigenvalue weighted by Gasteiger charge is -2.36. The minimum Gasteiger partial charge on any atom is -0.394 e. The fourth-order valence-electron chi connectivity index (χ4n) is 4.83. The number of amides is 1. The van der Waals surface area contributed by atoms with Gasteiger partial charge in [-0.15, -0.1) is 0 Å². The summed E-state index contributed by atoms with van der Waals surface area (Å²) in [5.74, 6) is -1.37. The van der Waals surface area contributed by atoms with E-state index in [2.05, 4.69) is 0 Å². The number of fused-ring (bicyclic) bond motifs is 2. The zero-order valence-corrected chi connectivity index (χ0v) is 15.4. The Bertz CT molecular complexity index is 895. The number of anilines is 1. The maximum Gasteiger partial charge on any atom is 0.238 e. The number of halogens is 2. The largest absolute Gasteiger partial charge is 0.394 e. The molecule has 0 aromatic heterocycles. The molecule has 0 radical (unpaired) electrons. The molecule has 0 saturated heterocycles. The van der Waals surface area contributed by atoms with Gasteiger partial charge in [0.05, 0.1) is 23.8 Å². The van der Waals surface area contributed by atoms with Gasteiger partial charge in [-0.25, -0.2) is 8.78 Å². The number of benzene rings is 2. The van der Waals surface area contributed by atoms with Gasteiger partial charge in [-0.05, 0) is 42.2 Å².